The van der Waals surface area contributed by atoms with Gasteiger partial charge in [-0.2, -0.15) is 0 Å². The molecule has 0 saturated carbocycles. The van der Waals surface area contributed by atoms with Crippen LogP contribution in [0.15, 0.2) is 78.9 Å². The summed E-state index contributed by atoms with van der Waals surface area (Å²) in [6.07, 6.45) is 3.28. The van der Waals surface area contributed by atoms with Crippen molar-refractivity contribution < 1.29 is 13.2 Å². The molecule has 5 nitrogen and oxygen atoms in total. The van der Waals surface area contributed by atoms with E-state index in [-0.39, 0.29) is 12.5 Å². The van der Waals surface area contributed by atoms with E-state index < -0.39 is 10.0 Å². The van der Waals surface area contributed by atoms with E-state index in [1.807, 2.05) is 31.2 Å². The molecule has 0 spiro atoms. The highest BCUT2D eigenvalue weighted by molar-refractivity contribution is 7.92. The molecular weight excluding hydrogens is 444 g/mol. The number of hydrogen-bond acceptors (Lipinski definition) is 3. The molecule has 0 fully saturated rings. The molecule has 0 bridgehead atoms. The van der Waals surface area contributed by atoms with Gasteiger partial charge in [0.25, 0.3) is 5.91 Å². The Bertz CT molecular complexity index is 1480. The molecule has 6 heteroatoms. The van der Waals surface area contributed by atoms with Crippen LogP contribution in [-0.4, -0.2) is 20.6 Å². The molecular formula is C28H26N2O3S. The Hall–Kier alpha value is -3.64. The van der Waals surface area contributed by atoms with Gasteiger partial charge >= 0.3 is 0 Å². The lowest BCUT2D eigenvalue weighted by molar-refractivity contribution is 0.102. The van der Waals surface area contributed by atoms with Gasteiger partial charge in [0, 0.05) is 16.6 Å². The number of anilines is 2. The summed E-state index contributed by atoms with van der Waals surface area (Å²) in [5.74, 6) is -0.191. The minimum atomic E-state index is -3.46. The standard InChI is InChI=1S/C28H26N2O3S/c1-19-6-15-24(16-7-19)30(34(2,32)33)18-20-8-10-23(11-9-20)28(31)29-26-17-14-22-13-12-21-4-3-5-25(26)27(21)22/h3-11,14-17H,12-13,18H2,1-2H3,(H,29,31). The van der Waals surface area contributed by atoms with Gasteiger partial charge in [-0.05, 0) is 72.2 Å². The molecule has 4 aromatic rings. The highest BCUT2D eigenvalue weighted by Gasteiger charge is 2.19. The molecule has 0 radical (unpaired) electrons. The SMILES string of the molecule is Cc1ccc(N(Cc2ccc(C(=O)Nc3ccc4c5c(cccc35)CC4)cc2)S(C)(=O)=O)cc1. The number of rotatable bonds is 6. The fourth-order valence-corrected chi connectivity index (χ4v) is 5.48. The Morgan fingerprint density at radius 2 is 1.56 bits per heavy atom. The van der Waals surface area contributed by atoms with Gasteiger partial charge in [-0.15, -0.1) is 0 Å². The van der Waals surface area contributed by atoms with Crippen molar-refractivity contribution in [3.63, 3.8) is 0 Å². The maximum atomic E-state index is 13.0. The summed E-state index contributed by atoms with van der Waals surface area (Å²) in [4.78, 5) is 13.0. The summed E-state index contributed by atoms with van der Waals surface area (Å²) in [5.41, 5.74) is 6.46. The Morgan fingerprint density at radius 3 is 2.24 bits per heavy atom. The number of aryl methyl sites for hydroxylation is 3. The summed E-state index contributed by atoms with van der Waals surface area (Å²) in [6, 6.07) is 24.8. The quantitative estimate of drug-likeness (QED) is 0.407. The van der Waals surface area contributed by atoms with Crippen molar-refractivity contribution in [2.45, 2.75) is 26.3 Å². The monoisotopic (exact) mass is 470 g/mol. The largest absolute Gasteiger partial charge is 0.321 e. The summed E-state index contributed by atoms with van der Waals surface area (Å²) in [5, 5.41) is 5.38. The van der Waals surface area contributed by atoms with E-state index in [0.29, 0.717) is 11.3 Å². The number of nitrogens with one attached hydrogen (secondary N) is 1. The Morgan fingerprint density at radius 1 is 0.882 bits per heavy atom. The maximum absolute atomic E-state index is 13.0. The third kappa shape index (κ3) is 4.29. The molecule has 1 amide bonds. The summed E-state index contributed by atoms with van der Waals surface area (Å²) < 4.78 is 26.2. The number of sulfonamides is 1. The molecule has 0 aliphatic heterocycles. The second-order valence-corrected chi connectivity index (χ2v) is 10.8. The van der Waals surface area contributed by atoms with E-state index in [1.165, 1.54) is 27.1 Å². The first-order valence-electron chi connectivity index (χ1n) is 11.3. The topological polar surface area (TPSA) is 66.5 Å². The van der Waals surface area contributed by atoms with E-state index in [0.717, 1.165) is 35.0 Å². The van der Waals surface area contributed by atoms with Crippen molar-refractivity contribution in [2.24, 2.45) is 0 Å². The van der Waals surface area contributed by atoms with Gasteiger partial charge in [0.1, 0.15) is 0 Å². The highest BCUT2D eigenvalue weighted by atomic mass is 32.2. The van der Waals surface area contributed by atoms with Crippen LogP contribution < -0.4 is 9.62 Å². The van der Waals surface area contributed by atoms with Gasteiger partial charge in [-0.25, -0.2) is 8.42 Å². The second-order valence-electron chi connectivity index (χ2n) is 8.87. The van der Waals surface area contributed by atoms with Gasteiger partial charge < -0.3 is 5.32 Å². The van der Waals surface area contributed by atoms with E-state index in [2.05, 4.69) is 23.5 Å². The summed E-state index contributed by atoms with van der Waals surface area (Å²) >= 11 is 0. The summed E-state index contributed by atoms with van der Waals surface area (Å²) in [7, 11) is -3.46. The molecule has 0 unspecified atom stereocenters. The number of carbonyl (C=O) groups excluding carboxylic acids is 1. The molecule has 1 N–H and O–H groups in total. The fraction of sp³-hybridized carbons (Fsp3) is 0.179. The molecule has 0 aromatic heterocycles. The predicted molar refractivity (Wildman–Crippen MR) is 138 cm³/mol. The second kappa shape index (κ2) is 8.61. The first-order valence-corrected chi connectivity index (χ1v) is 13.1. The lowest BCUT2D eigenvalue weighted by atomic mass is 10.0. The van der Waals surface area contributed by atoms with Crippen LogP contribution in [-0.2, 0) is 29.4 Å². The lowest BCUT2D eigenvalue weighted by Gasteiger charge is -2.22. The minimum Gasteiger partial charge on any atom is -0.321 e. The molecule has 1 aliphatic carbocycles. The Kier molecular flexibility index (Phi) is 5.62. The molecule has 0 atom stereocenters. The van der Waals surface area contributed by atoms with Crippen LogP contribution in [0.3, 0.4) is 0 Å². The molecule has 172 valence electrons. The predicted octanol–water partition coefficient (Wildman–Crippen LogP) is 5.47. The van der Waals surface area contributed by atoms with Crippen LogP contribution >= 0.6 is 0 Å². The van der Waals surface area contributed by atoms with Crippen molar-refractivity contribution in [1.29, 1.82) is 0 Å². The van der Waals surface area contributed by atoms with Crippen LogP contribution in [0.4, 0.5) is 11.4 Å². The number of nitrogens with zero attached hydrogens (tertiary/aromatic N) is 1. The van der Waals surface area contributed by atoms with Crippen LogP contribution in [0.2, 0.25) is 0 Å². The zero-order valence-electron chi connectivity index (χ0n) is 19.2. The molecule has 0 saturated heterocycles. The molecule has 0 heterocycles. The summed E-state index contributed by atoms with van der Waals surface area (Å²) in [6.45, 7) is 2.15. The van der Waals surface area contributed by atoms with Crippen LogP contribution in [0, 0.1) is 6.92 Å². The lowest BCUT2D eigenvalue weighted by Crippen LogP contribution is -2.29. The van der Waals surface area contributed by atoms with Crippen LogP contribution in [0.25, 0.3) is 10.8 Å². The van der Waals surface area contributed by atoms with E-state index in [4.69, 9.17) is 0 Å². The number of benzene rings is 4. The zero-order chi connectivity index (χ0) is 23.9. The minimum absolute atomic E-state index is 0.191. The van der Waals surface area contributed by atoms with E-state index in [9.17, 15) is 13.2 Å². The Labute approximate surface area is 200 Å². The van der Waals surface area contributed by atoms with Crippen molar-refractivity contribution in [3.05, 3.63) is 107 Å². The van der Waals surface area contributed by atoms with Gasteiger partial charge in [0.05, 0.1) is 18.5 Å². The average Bonchev–Trinajstić information content (AvgIpc) is 3.24. The van der Waals surface area contributed by atoms with Gasteiger partial charge in [0.15, 0.2) is 0 Å². The zero-order valence-corrected chi connectivity index (χ0v) is 20.0. The Balaban J connectivity index is 1.36. The first kappa shape index (κ1) is 22.2. The molecule has 5 rings (SSSR count). The van der Waals surface area contributed by atoms with Crippen molar-refractivity contribution >= 4 is 38.1 Å². The van der Waals surface area contributed by atoms with Crippen LogP contribution in [0.1, 0.15) is 32.6 Å². The van der Waals surface area contributed by atoms with Crippen molar-refractivity contribution in [1.82, 2.24) is 0 Å². The van der Waals surface area contributed by atoms with Crippen LogP contribution in [0.5, 0.6) is 0 Å². The number of amides is 1. The van der Waals surface area contributed by atoms with Gasteiger partial charge in [0.2, 0.25) is 10.0 Å². The number of carbonyl (C=O) groups is 1. The molecule has 4 aromatic carbocycles. The third-order valence-electron chi connectivity index (χ3n) is 6.39. The van der Waals surface area contributed by atoms with E-state index >= 15 is 0 Å². The average molecular weight is 471 g/mol. The van der Waals surface area contributed by atoms with Gasteiger partial charge in [-0.3, -0.25) is 9.10 Å². The maximum Gasteiger partial charge on any atom is 0.255 e. The van der Waals surface area contributed by atoms with Crippen molar-refractivity contribution in [3.8, 4) is 0 Å². The third-order valence-corrected chi connectivity index (χ3v) is 7.53. The fourth-order valence-electron chi connectivity index (χ4n) is 4.59. The number of hydrogen-bond donors (Lipinski definition) is 1. The molecule has 1 aliphatic rings. The first-order chi connectivity index (χ1) is 16.3. The highest BCUT2D eigenvalue weighted by Crippen LogP contribution is 2.35. The van der Waals surface area contributed by atoms with E-state index in [1.54, 1.807) is 36.4 Å². The normalized spacial score (nSPS) is 12.6. The van der Waals surface area contributed by atoms with Gasteiger partial charge in [-0.1, -0.05) is 54.1 Å². The smallest absolute Gasteiger partial charge is 0.255 e. The van der Waals surface area contributed by atoms with Crippen molar-refractivity contribution in [2.75, 3.05) is 15.9 Å². The molecule has 34 heavy (non-hydrogen) atoms.